The fourth-order valence-corrected chi connectivity index (χ4v) is 4.58. The molecule has 0 unspecified atom stereocenters. The molecule has 160 valence electrons. The number of rotatable bonds is 5. The zero-order valence-electron chi connectivity index (χ0n) is 17.1. The minimum atomic E-state index is -0.798. The van der Waals surface area contributed by atoms with Crippen molar-refractivity contribution in [3.63, 3.8) is 0 Å². The van der Waals surface area contributed by atoms with E-state index in [9.17, 15) is 19.2 Å². The Labute approximate surface area is 176 Å². The van der Waals surface area contributed by atoms with Gasteiger partial charge in [-0.1, -0.05) is 25.0 Å². The molecule has 0 aromatic heterocycles. The number of benzene rings is 1. The summed E-state index contributed by atoms with van der Waals surface area (Å²) in [6, 6.07) is 6.70. The van der Waals surface area contributed by atoms with E-state index >= 15 is 0 Å². The highest BCUT2D eigenvalue weighted by Crippen LogP contribution is 2.34. The summed E-state index contributed by atoms with van der Waals surface area (Å²) in [5.74, 6) is -0.632. The molecule has 1 spiro atoms. The number of hydrogen-bond donors (Lipinski definition) is 2. The lowest BCUT2D eigenvalue weighted by Crippen LogP contribution is -2.45. The Balaban J connectivity index is 1.28. The van der Waals surface area contributed by atoms with Crippen molar-refractivity contribution in [2.24, 2.45) is 0 Å². The normalized spacial score (nSPS) is 20.5. The van der Waals surface area contributed by atoms with Crippen LogP contribution >= 0.6 is 0 Å². The number of piperidine rings is 1. The number of carbonyl (C=O) groups is 4. The van der Waals surface area contributed by atoms with Gasteiger partial charge in [0.1, 0.15) is 12.1 Å². The van der Waals surface area contributed by atoms with Crippen molar-refractivity contribution in [1.82, 2.24) is 20.4 Å². The first-order valence-corrected chi connectivity index (χ1v) is 10.8. The maximum Gasteiger partial charge on any atom is 0.325 e. The standard InChI is InChI=1S/C22H28N4O4/c27-18(15-26-20(29)22(24-21(26)30)10-2-3-11-22)23-14-16-6-8-17(9-7-16)19(28)25-12-4-1-5-13-25/h6-9H,1-5,10-15H2,(H,23,27)(H,24,30). The van der Waals surface area contributed by atoms with Crippen LogP contribution in [0.1, 0.15) is 60.9 Å². The monoisotopic (exact) mass is 412 g/mol. The van der Waals surface area contributed by atoms with Gasteiger partial charge in [0.15, 0.2) is 0 Å². The molecular formula is C22H28N4O4. The number of urea groups is 1. The summed E-state index contributed by atoms with van der Waals surface area (Å²) in [6.45, 7) is 1.60. The third kappa shape index (κ3) is 4.04. The Morgan fingerprint density at radius 3 is 2.30 bits per heavy atom. The van der Waals surface area contributed by atoms with Crippen LogP contribution in [0.3, 0.4) is 0 Å². The molecule has 8 nitrogen and oxygen atoms in total. The topological polar surface area (TPSA) is 98.8 Å². The Hall–Kier alpha value is -2.90. The maximum absolute atomic E-state index is 12.6. The average Bonchev–Trinajstić information content (AvgIpc) is 3.33. The van der Waals surface area contributed by atoms with Crippen molar-refractivity contribution in [2.75, 3.05) is 19.6 Å². The highest BCUT2D eigenvalue weighted by molar-refractivity contribution is 6.09. The van der Waals surface area contributed by atoms with Crippen LogP contribution in [0, 0.1) is 0 Å². The van der Waals surface area contributed by atoms with E-state index in [4.69, 9.17) is 0 Å². The Bertz CT molecular complexity index is 839. The number of hydrogen-bond acceptors (Lipinski definition) is 4. The SMILES string of the molecule is O=C(CN1C(=O)NC2(CCCC2)C1=O)NCc1ccc(C(=O)N2CCCCC2)cc1. The predicted molar refractivity (Wildman–Crippen MR) is 109 cm³/mol. The predicted octanol–water partition coefficient (Wildman–Crippen LogP) is 1.79. The van der Waals surface area contributed by atoms with E-state index in [1.807, 2.05) is 17.0 Å². The van der Waals surface area contributed by atoms with Gasteiger partial charge >= 0.3 is 6.03 Å². The van der Waals surface area contributed by atoms with Gasteiger partial charge in [-0.05, 0) is 49.8 Å². The van der Waals surface area contributed by atoms with E-state index in [1.165, 1.54) is 6.42 Å². The van der Waals surface area contributed by atoms with E-state index in [1.54, 1.807) is 12.1 Å². The van der Waals surface area contributed by atoms with E-state index < -0.39 is 11.6 Å². The molecule has 1 aromatic rings. The fraction of sp³-hybridized carbons (Fsp3) is 0.545. The smallest absolute Gasteiger partial charge is 0.325 e. The van der Waals surface area contributed by atoms with Gasteiger partial charge in [-0.2, -0.15) is 0 Å². The second-order valence-corrected chi connectivity index (χ2v) is 8.44. The van der Waals surface area contributed by atoms with Crippen LogP contribution in [-0.4, -0.2) is 58.7 Å². The molecule has 1 aliphatic carbocycles. The highest BCUT2D eigenvalue weighted by atomic mass is 16.2. The quantitative estimate of drug-likeness (QED) is 0.721. The van der Waals surface area contributed by atoms with Crippen LogP contribution in [0.15, 0.2) is 24.3 Å². The average molecular weight is 412 g/mol. The summed E-state index contributed by atoms with van der Waals surface area (Å²) in [4.78, 5) is 52.5. The molecule has 4 rings (SSSR count). The summed E-state index contributed by atoms with van der Waals surface area (Å²) < 4.78 is 0. The van der Waals surface area contributed by atoms with Crippen LogP contribution in [0.4, 0.5) is 4.79 Å². The first kappa shape index (κ1) is 20.4. The Kier molecular flexibility index (Phi) is 5.74. The van der Waals surface area contributed by atoms with Crippen LogP contribution in [-0.2, 0) is 16.1 Å². The molecule has 3 fully saturated rings. The molecule has 0 radical (unpaired) electrons. The zero-order chi connectivity index (χ0) is 21.1. The van der Waals surface area contributed by atoms with Crippen molar-refractivity contribution >= 4 is 23.8 Å². The Morgan fingerprint density at radius 2 is 1.63 bits per heavy atom. The first-order chi connectivity index (χ1) is 14.5. The minimum absolute atomic E-state index is 0.0460. The molecule has 2 saturated heterocycles. The second kappa shape index (κ2) is 8.45. The highest BCUT2D eigenvalue weighted by Gasteiger charge is 2.52. The van der Waals surface area contributed by atoms with E-state index in [2.05, 4.69) is 10.6 Å². The van der Waals surface area contributed by atoms with Crippen molar-refractivity contribution in [3.8, 4) is 0 Å². The van der Waals surface area contributed by atoms with Crippen LogP contribution in [0.25, 0.3) is 0 Å². The van der Waals surface area contributed by atoms with Gasteiger partial charge in [-0.3, -0.25) is 19.3 Å². The summed E-state index contributed by atoms with van der Waals surface area (Å²) in [6.07, 6.45) is 6.36. The zero-order valence-corrected chi connectivity index (χ0v) is 17.1. The van der Waals surface area contributed by atoms with Crippen molar-refractivity contribution in [2.45, 2.75) is 57.0 Å². The number of nitrogens with zero attached hydrogens (tertiary/aromatic N) is 2. The molecule has 2 N–H and O–H groups in total. The number of carbonyl (C=O) groups excluding carboxylic acids is 4. The third-order valence-corrected chi connectivity index (χ3v) is 6.34. The van der Waals surface area contributed by atoms with Gasteiger partial charge in [0, 0.05) is 25.2 Å². The van der Waals surface area contributed by atoms with Crippen LogP contribution in [0.2, 0.25) is 0 Å². The van der Waals surface area contributed by atoms with Gasteiger partial charge in [-0.25, -0.2) is 4.79 Å². The van der Waals surface area contributed by atoms with Crippen molar-refractivity contribution < 1.29 is 19.2 Å². The summed E-state index contributed by atoms with van der Waals surface area (Å²) >= 11 is 0. The van der Waals surface area contributed by atoms with E-state index in [0.29, 0.717) is 18.4 Å². The van der Waals surface area contributed by atoms with E-state index in [-0.39, 0.29) is 30.8 Å². The second-order valence-electron chi connectivity index (χ2n) is 8.44. The molecule has 1 saturated carbocycles. The largest absolute Gasteiger partial charge is 0.350 e. The molecule has 3 aliphatic rings. The molecule has 2 heterocycles. The number of imide groups is 1. The van der Waals surface area contributed by atoms with Crippen LogP contribution in [0.5, 0.6) is 0 Å². The van der Waals surface area contributed by atoms with Crippen molar-refractivity contribution in [3.05, 3.63) is 35.4 Å². The van der Waals surface area contributed by atoms with Gasteiger partial charge in [-0.15, -0.1) is 0 Å². The summed E-state index contributed by atoms with van der Waals surface area (Å²) in [5, 5.41) is 5.52. The lowest BCUT2D eigenvalue weighted by Gasteiger charge is -2.26. The lowest BCUT2D eigenvalue weighted by molar-refractivity contribution is -0.134. The van der Waals surface area contributed by atoms with Crippen LogP contribution < -0.4 is 10.6 Å². The molecule has 2 aliphatic heterocycles. The molecule has 30 heavy (non-hydrogen) atoms. The fourth-order valence-electron chi connectivity index (χ4n) is 4.58. The first-order valence-electron chi connectivity index (χ1n) is 10.8. The number of nitrogens with one attached hydrogen (secondary N) is 2. The van der Waals surface area contributed by atoms with E-state index in [0.717, 1.165) is 49.2 Å². The van der Waals surface area contributed by atoms with Crippen molar-refractivity contribution in [1.29, 1.82) is 0 Å². The van der Waals surface area contributed by atoms with Gasteiger partial charge in [0.2, 0.25) is 5.91 Å². The number of amides is 5. The van der Waals surface area contributed by atoms with Gasteiger partial charge in [0.05, 0.1) is 0 Å². The minimum Gasteiger partial charge on any atom is -0.350 e. The van der Waals surface area contributed by atoms with Gasteiger partial charge < -0.3 is 15.5 Å². The molecular weight excluding hydrogens is 384 g/mol. The number of likely N-dealkylation sites (tertiary alicyclic amines) is 1. The Morgan fingerprint density at radius 1 is 0.967 bits per heavy atom. The molecule has 5 amide bonds. The summed E-state index contributed by atoms with van der Waals surface area (Å²) in [5.41, 5.74) is 0.699. The molecule has 0 bridgehead atoms. The third-order valence-electron chi connectivity index (χ3n) is 6.34. The lowest BCUT2D eigenvalue weighted by atomic mass is 9.98. The molecule has 0 atom stereocenters. The molecule has 8 heteroatoms. The molecule has 1 aromatic carbocycles. The van der Waals surface area contributed by atoms with Gasteiger partial charge in [0.25, 0.3) is 11.8 Å². The maximum atomic E-state index is 12.6. The summed E-state index contributed by atoms with van der Waals surface area (Å²) in [7, 11) is 0.